The number of phosphoric acid groups is 1. The number of unbranched alkanes of at least 4 members (excludes halogenated alkanes) is 13. The van der Waals surface area contributed by atoms with Crippen LogP contribution in [0.25, 0.3) is 0 Å². The van der Waals surface area contributed by atoms with Crippen molar-refractivity contribution in [3.8, 4) is 0 Å². The Labute approximate surface area is 310 Å². The van der Waals surface area contributed by atoms with E-state index in [2.05, 4.69) is 74.6 Å². The average molecular weight is 738 g/mol. The molecular weight excluding hydrogens is 665 g/mol. The number of nitrogens with two attached hydrogens (primary N) is 1. The molecule has 0 radical (unpaired) electrons. The maximum absolute atomic E-state index is 12.5. The molecule has 0 heterocycles. The lowest BCUT2D eigenvalue weighted by Gasteiger charge is -2.19. The van der Waals surface area contributed by atoms with Crippen LogP contribution in [0.5, 0.6) is 0 Å². The first kappa shape index (κ1) is 48.7. The molecule has 0 rings (SSSR count). The van der Waals surface area contributed by atoms with Gasteiger partial charge in [0.15, 0.2) is 6.10 Å². The van der Waals surface area contributed by atoms with Crippen LogP contribution < -0.4 is 5.73 Å². The van der Waals surface area contributed by atoms with Gasteiger partial charge >= 0.3 is 19.8 Å². The summed E-state index contributed by atoms with van der Waals surface area (Å²) in [4.78, 5) is 34.7. The molecule has 0 aliphatic heterocycles. The first-order chi connectivity index (χ1) is 24.8. The van der Waals surface area contributed by atoms with Crippen LogP contribution in [-0.4, -0.2) is 49.3 Å². The molecule has 0 saturated carbocycles. The number of allylic oxidation sites excluding steroid dienone is 10. The summed E-state index contributed by atoms with van der Waals surface area (Å²) >= 11 is 0. The Morgan fingerprint density at radius 3 is 1.67 bits per heavy atom. The minimum absolute atomic E-state index is 0.0445. The Balaban J connectivity index is 4.29. The molecule has 9 nitrogen and oxygen atoms in total. The van der Waals surface area contributed by atoms with E-state index in [0.29, 0.717) is 12.8 Å². The second kappa shape index (κ2) is 37.5. The van der Waals surface area contributed by atoms with Crippen molar-refractivity contribution in [2.45, 2.75) is 161 Å². The fourth-order valence-corrected chi connectivity index (χ4v) is 5.74. The molecule has 51 heavy (non-hydrogen) atoms. The number of esters is 2. The van der Waals surface area contributed by atoms with Crippen LogP contribution in [-0.2, 0) is 32.7 Å². The number of hydrogen-bond acceptors (Lipinski definition) is 8. The van der Waals surface area contributed by atoms with Crippen LogP contribution in [0.1, 0.15) is 155 Å². The summed E-state index contributed by atoms with van der Waals surface area (Å²) in [7, 11) is -4.38. The zero-order chi connectivity index (χ0) is 37.5. The average Bonchev–Trinajstić information content (AvgIpc) is 3.11. The van der Waals surface area contributed by atoms with Crippen molar-refractivity contribution in [3.05, 3.63) is 60.8 Å². The van der Waals surface area contributed by atoms with E-state index in [1.54, 1.807) is 0 Å². The van der Waals surface area contributed by atoms with Gasteiger partial charge in [-0.3, -0.25) is 18.6 Å². The Morgan fingerprint density at radius 1 is 0.608 bits per heavy atom. The van der Waals surface area contributed by atoms with Crippen LogP contribution >= 0.6 is 7.82 Å². The molecule has 3 N–H and O–H groups in total. The third-order valence-electron chi connectivity index (χ3n) is 7.89. The minimum atomic E-state index is -4.38. The van der Waals surface area contributed by atoms with E-state index in [9.17, 15) is 19.0 Å². The van der Waals surface area contributed by atoms with Gasteiger partial charge in [-0.25, -0.2) is 4.57 Å². The third-order valence-corrected chi connectivity index (χ3v) is 8.87. The molecule has 2 atom stereocenters. The molecule has 1 unspecified atom stereocenters. The normalized spacial score (nSPS) is 14.0. The van der Waals surface area contributed by atoms with E-state index in [4.69, 9.17) is 24.3 Å². The Hall–Kier alpha value is -2.29. The monoisotopic (exact) mass is 737 g/mol. The summed E-state index contributed by atoms with van der Waals surface area (Å²) in [6.45, 7) is 3.53. The minimum Gasteiger partial charge on any atom is -0.462 e. The van der Waals surface area contributed by atoms with Crippen molar-refractivity contribution in [2.75, 3.05) is 26.4 Å². The van der Waals surface area contributed by atoms with E-state index in [1.807, 2.05) is 0 Å². The number of phosphoric ester groups is 1. The van der Waals surface area contributed by atoms with Gasteiger partial charge in [0.25, 0.3) is 0 Å². The maximum atomic E-state index is 12.5. The van der Waals surface area contributed by atoms with Crippen molar-refractivity contribution in [3.63, 3.8) is 0 Å². The highest BCUT2D eigenvalue weighted by Crippen LogP contribution is 2.43. The van der Waals surface area contributed by atoms with Crippen molar-refractivity contribution in [1.29, 1.82) is 0 Å². The molecular formula is C41H72NO8P. The number of rotatable bonds is 36. The fourth-order valence-electron chi connectivity index (χ4n) is 4.97. The van der Waals surface area contributed by atoms with Gasteiger partial charge < -0.3 is 20.1 Å². The molecule has 0 spiro atoms. The molecule has 10 heteroatoms. The zero-order valence-corrected chi connectivity index (χ0v) is 33.0. The van der Waals surface area contributed by atoms with Crippen molar-refractivity contribution >= 4 is 19.8 Å². The molecule has 0 aliphatic carbocycles. The summed E-state index contributed by atoms with van der Waals surface area (Å²) in [5.41, 5.74) is 5.33. The maximum Gasteiger partial charge on any atom is 0.472 e. The lowest BCUT2D eigenvalue weighted by molar-refractivity contribution is -0.161. The van der Waals surface area contributed by atoms with Gasteiger partial charge in [-0.15, -0.1) is 0 Å². The van der Waals surface area contributed by atoms with E-state index in [1.165, 1.54) is 51.4 Å². The first-order valence-electron chi connectivity index (χ1n) is 19.8. The molecule has 0 aromatic rings. The lowest BCUT2D eigenvalue weighted by Crippen LogP contribution is -2.29. The van der Waals surface area contributed by atoms with Crippen molar-refractivity contribution < 1.29 is 37.6 Å². The Kier molecular flexibility index (Phi) is 35.8. The highest BCUT2D eigenvalue weighted by molar-refractivity contribution is 7.47. The number of carbonyl (C=O) groups is 2. The van der Waals surface area contributed by atoms with Gasteiger partial charge in [0.2, 0.25) is 0 Å². The molecule has 0 amide bonds. The smallest absolute Gasteiger partial charge is 0.462 e. The van der Waals surface area contributed by atoms with Crippen LogP contribution in [0.15, 0.2) is 60.8 Å². The number of carbonyl (C=O) groups excluding carboxylic acids is 2. The lowest BCUT2D eigenvalue weighted by atomic mass is 10.1. The molecule has 294 valence electrons. The summed E-state index contributed by atoms with van der Waals surface area (Å²) < 4.78 is 32.6. The topological polar surface area (TPSA) is 134 Å². The highest BCUT2D eigenvalue weighted by Gasteiger charge is 2.25. The molecule has 0 bridgehead atoms. The Morgan fingerprint density at radius 2 is 1.08 bits per heavy atom. The van der Waals surface area contributed by atoms with Crippen LogP contribution in [0.2, 0.25) is 0 Å². The van der Waals surface area contributed by atoms with E-state index in [0.717, 1.165) is 64.2 Å². The standard InChI is InChI=1S/C41H72NO8P/c1-3-5-7-9-11-13-15-17-19-21-23-25-27-29-31-33-40(43)47-37-39(38-49-51(45,46)48-36-35-42)50-41(44)34-32-30-28-26-24-22-20-18-16-14-12-10-8-6-4-2/h5,7,11,13-14,16-17,19,23,25,39H,3-4,6,8-10,12,15,18,20-22,24,26-38,42H2,1-2H3,(H,45,46)/b7-5-,13-11-,16-14-,19-17-,25-23-/t39-/m1/s1. The summed E-state index contributed by atoms with van der Waals surface area (Å²) in [6.07, 6.45) is 42.5. The molecule has 0 fully saturated rings. The van der Waals surface area contributed by atoms with Crippen molar-refractivity contribution in [2.24, 2.45) is 5.73 Å². The first-order valence-corrected chi connectivity index (χ1v) is 21.3. The van der Waals surface area contributed by atoms with Crippen molar-refractivity contribution in [1.82, 2.24) is 0 Å². The zero-order valence-electron chi connectivity index (χ0n) is 32.1. The summed E-state index contributed by atoms with van der Waals surface area (Å²) in [5, 5.41) is 0. The predicted octanol–water partition coefficient (Wildman–Crippen LogP) is 10.9. The summed E-state index contributed by atoms with van der Waals surface area (Å²) in [6, 6.07) is 0. The van der Waals surface area contributed by atoms with Crippen LogP contribution in [0.4, 0.5) is 0 Å². The van der Waals surface area contributed by atoms with Crippen LogP contribution in [0.3, 0.4) is 0 Å². The predicted molar refractivity (Wildman–Crippen MR) is 210 cm³/mol. The SMILES string of the molecule is CC/C=C\C/C=C\C/C=C\C/C=C\CCCCC(=O)OC[C@H](COP(=O)(O)OCCN)OC(=O)CCCCCCCCC/C=C\CCCCCC. The van der Waals surface area contributed by atoms with Gasteiger partial charge in [-0.05, 0) is 77.0 Å². The van der Waals surface area contributed by atoms with Gasteiger partial charge in [0, 0.05) is 19.4 Å². The molecule has 0 saturated heterocycles. The molecule has 0 aromatic heterocycles. The van der Waals surface area contributed by atoms with Gasteiger partial charge in [0.05, 0.1) is 13.2 Å². The fraction of sp³-hybridized carbons (Fsp3) is 0.707. The van der Waals surface area contributed by atoms with Gasteiger partial charge in [0.1, 0.15) is 6.61 Å². The van der Waals surface area contributed by atoms with Gasteiger partial charge in [-0.1, -0.05) is 126 Å². The van der Waals surface area contributed by atoms with E-state index < -0.39 is 32.5 Å². The molecule has 0 aliphatic rings. The van der Waals surface area contributed by atoms with E-state index >= 15 is 0 Å². The quantitative estimate of drug-likeness (QED) is 0.0279. The van der Waals surface area contributed by atoms with Gasteiger partial charge in [-0.2, -0.15) is 0 Å². The number of hydrogen-bond donors (Lipinski definition) is 2. The van der Waals surface area contributed by atoms with Crippen LogP contribution in [0, 0.1) is 0 Å². The van der Waals surface area contributed by atoms with E-state index in [-0.39, 0.29) is 32.6 Å². The molecule has 0 aromatic carbocycles. The second-order valence-corrected chi connectivity index (χ2v) is 14.2. The number of ether oxygens (including phenoxy) is 2. The highest BCUT2D eigenvalue weighted by atomic mass is 31.2. The second-order valence-electron chi connectivity index (χ2n) is 12.8. The Bertz CT molecular complexity index is 1020. The summed E-state index contributed by atoms with van der Waals surface area (Å²) in [5.74, 6) is -0.888. The third kappa shape index (κ3) is 37.3. The largest absolute Gasteiger partial charge is 0.472 e.